The molecule has 2 atom stereocenters. The monoisotopic (exact) mass is 287 g/mol. The van der Waals surface area contributed by atoms with E-state index in [4.69, 9.17) is 16.7 Å². The average molecular weight is 288 g/mol. The molecule has 3 nitrogen and oxygen atoms in total. The van der Waals surface area contributed by atoms with E-state index >= 15 is 0 Å². The number of aliphatic hydroxyl groups is 1. The highest BCUT2D eigenvalue weighted by atomic mass is 35.5. The highest BCUT2D eigenvalue weighted by Crippen LogP contribution is 2.18. The zero-order chi connectivity index (χ0) is 13.5. The van der Waals surface area contributed by atoms with Gasteiger partial charge in [0, 0.05) is 17.3 Å². The Morgan fingerprint density at radius 2 is 2.00 bits per heavy atom. The lowest BCUT2D eigenvalue weighted by atomic mass is 10.2. The number of carbonyl (C=O) groups excluding carboxylic acids is 1. The molecule has 5 heteroatoms. The first-order valence-electron chi connectivity index (χ1n) is 5.81. The predicted molar refractivity (Wildman–Crippen MR) is 78.3 cm³/mol. The largest absolute Gasteiger partial charge is 0.396 e. The van der Waals surface area contributed by atoms with Gasteiger partial charge >= 0.3 is 0 Å². The van der Waals surface area contributed by atoms with E-state index in [1.165, 1.54) is 0 Å². The zero-order valence-corrected chi connectivity index (χ0v) is 12.1. The molecule has 1 rings (SSSR count). The lowest BCUT2D eigenvalue weighted by Gasteiger charge is -2.14. The highest BCUT2D eigenvalue weighted by Gasteiger charge is 2.14. The normalized spacial score (nSPS) is 14.0. The van der Waals surface area contributed by atoms with Gasteiger partial charge in [0.25, 0.3) is 0 Å². The van der Waals surface area contributed by atoms with Crippen molar-refractivity contribution in [3.05, 3.63) is 29.3 Å². The van der Waals surface area contributed by atoms with Crippen LogP contribution in [0.25, 0.3) is 0 Å². The summed E-state index contributed by atoms with van der Waals surface area (Å²) in [5.41, 5.74) is 0.743. The van der Waals surface area contributed by atoms with Crippen LogP contribution < -0.4 is 5.32 Å². The molecule has 100 valence electrons. The maximum Gasteiger partial charge on any atom is 0.237 e. The van der Waals surface area contributed by atoms with Gasteiger partial charge in [-0.2, -0.15) is 0 Å². The summed E-state index contributed by atoms with van der Waals surface area (Å²) < 4.78 is 0. The van der Waals surface area contributed by atoms with Gasteiger partial charge in [-0.3, -0.25) is 4.79 Å². The third-order valence-electron chi connectivity index (χ3n) is 2.42. The molecule has 0 heterocycles. The SMILES string of the molecule is CC(CO)CSC(C)C(=O)Nc1ccc(Cl)cc1. The molecule has 0 aliphatic carbocycles. The molecule has 0 radical (unpaired) electrons. The minimum Gasteiger partial charge on any atom is -0.396 e. The van der Waals surface area contributed by atoms with Gasteiger partial charge in [-0.15, -0.1) is 11.8 Å². The Hall–Kier alpha value is -0.710. The van der Waals surface area contributed by atoms with Crippen molar-refractivity contribution in [2.75, 3.05) is 17.7 Å². The van der Waals surface area contributed by atoms with Crippen molar-refractivity contribution in [2.45, 2.75) is 19.1 Å². The Kier molecular flexibility index (Phi) is 6.54. The second kappa shape index (κ2) is 7.67. The number of thioether (sulfide) groups is 1. The van der Waals surface area contributed by atoms with Gasteiger partial charge < -0.3 is 10.4 Å². The molecule has 18 heavy (non-hydrogen) atoms. The number of hydrogen-bond donors (Lipinski definition) is 2. The molecule has 0 saturated heterocycles. The van der Waals surface area contributed by atoms with Crippen LogP contribution >= 0.6 is 23.4 Å². The van der Waals surface area contributed by atoms with E-state index < -0.39 is 0 Å². The molecule has 1 aromatic rings. The van der Waals surface area contributed by atoms with E-state index in [0.29, 0.717) is 5.02 Å². The van der Waals surface area contributed by atoms with Crippen molar-refractivity contribution < 1.29 is 9.90 Å². The Morgan fingerprint density at radius 1 is 1.39 bits per heavy atom. The third kappa shape index (κ3) is 5.29. The van der Waals surface area contributed by atoms with Crippen molar-refractivity contribution in [3.8, 4) is 0 Å². The fourth-order valence-electron chi connectivity index (χ4n) is 1.21. The van der Waals surface area contributed by atoms with Crippen molar-refractivity contribution >= 4 is 35.0 Å². The first-order valence-corrected chi connectivity index (χ1v) is 7.24. The second-order valence-electron chi connectivity index (χ2n) is 4.26. The lowest BCUT2D eigenvalue weighted by molar-refractivity contribution is -0.115. The molecule has 0 saturated carbocycles. The number of anilines is 1. The van der Waals surface area contributed by atoms with E-state index in [0.717, 1.165) is 11.4 Å². The maximum atomic E-state index is 11.9. The number of aliphatic hydroxyl groups excluding tert-OH is 1. The molecule has 0 aliphatic rings. The Bertz CT molecular complexity index is 383. The van der Waals surface area contributed by atoms with Crippen LogP contribution in [0.15, 0.2) is 24.3 Å². The van der Waals surface area contributed by atoms with E-state index in [-0.39, 0.29) is 23.7 Å². The van der Waals surface area contributed by atoms with Crippen LogP contribution in [0.4, 0.5) is 5.69 Å². The van der Waals surface area contributed by atoms with Crippen LogP contribution in [-0.2, 0) is 4.79 Å². The Morgan fingerprint density at radius 3 is 2.56 bits per heavy atom. The summed E-state index contributed by atoms with van der Waals surface area (Å²) >= 11 is 7.31. The van der Waals surface area contributed by atoms with Gasteiger partial charge in [-0.25, -0.2) is 0 Å². The van der Waals surface area contributed by atoms with E-state index in [1.807, 2.05) is 13.8 Å². The molecule has 0 spiro atoms. The van der Waals surface area contributed by atoms with Crippen LogP contribution in [0.3, 0.4) is 0 Å². The molecular formula is C13H18ClNO2S. The topological polar surface area (TPSA) is 49.3 Å². The summed E-state index contributed by atoms with van der Waals surface area (Å²) in [7, 11) is 0. The molecule has 0 aromatic heterocycles. The van der Waals surface area contributed by atoms with Crippen LogP contribution in [-0.4, -0.2) is 28.6 Å². The number of benzene rings is 1. The first kappa shape index (κ1) is 15.3. The Balaban J connectivity index is 2.42. The van der Waals surface area contributed by atoms with Gasteiger partial charge in [0.05, 0.1) is 5.25 Å². The molecule has 2 N–H and O–H groups in total. The van der Waals surface area contributed by atoms with Gasteiger partial charge in [-0.1, -0.05) is 18.5 Å². The van der Waals surface area contributed by atoms with E-state index in [2.05, 4.69) is 5.32 Å². The summed E-state index contributed by atoms with van der Waals surface area (Å²) in [6.45, 7) is 3.97. The highest BCUT2D eigenvalue weighted by molar-refractivity contribution is 8.00. The van der Waals surface area contributed by atoms with Gasteiger partial charge in [0.1, 0.15) is 0 Å². The van der Waals surface area contributed by atoms with E-state index in [9.17, 15) is 4.79 Å². The van der Waals surface area contributed by atoms with Crippen LogP contribution in [0, 0.1) is 5.92 Å². The number of rotatable bonds is 6. The lowest BCUT2D eigenvalue weighted by Crippen LogP contribution is -2.23. The molecular weight excluding hydrogens is 270 g/mol. The van der Waals surface area contributed by atoms with Crippen LogP contribution in [0.5, 0.6) is 0 Å². The molecule has 1 aromatic carbocycles. The van der Waals surface area contributed by atoms with E-state index in [1.54, 1.807) is 36.0 Å². The zero-order valence-electron chi connectivity index (χ0n) is 10.5. The summed E-state index contributed by atoms with van der Waals surface area (Å²) in [6.07, 6.45) is 0. The number of hydrogen-bond acceptors (Lipinski definition) is 3. The van der Waals surface area contributed by atoms with Gasteiger partial charge in [-0.05, 0) is 42.9 Å². The van der Waals surface area contributed by atoms with Crippen molar-refractivity contribution in [3.63, 3.8) is 0 Å². The maximum absolute atomic E-state index is 11.9. The quantitative estimate of drug-likeness (QED) is 0.845. The standard InChI is InChI=1S/C13H18ClNO2S/c1-9(7-16)8-18-10(2)13(17)15-12-5-3-11(14)4-6-12/h3-6,9-10,16H,7-8H2,1-2H3,(H,15,17). The number of carbonyl (C=O) groups is 1. The fraction of sp³-hybridized carbons (Fsp3) is 0.462. The molecule has 0 bridgehead atoms. The molecule has 0 fully saturated rings. The third-order valence-corrected chi connectivity index (χ3v) is 4.15. The summed E-state index contributed by atoms with van der Waals surface area (Å²) in [4.78, 5) is 11.9. The van der Waals surface area contributed by atoms with Crippen molar-refractivity contribution in [1.82, 2.24) is 0 Å². The average Bonchev–Trinajstić information content (AvgIpc) is 2.38. The summed E-state index contributed by atoms with van der Waals surface area (Å²) in [6, 6.07) is 7.02. The number of nitrogens with one attached hydrogen (secondary N) is 1. The van der Waals surface area contributed by atoms with Crippen LogP contribution in [0.2, 0.25) is 5.02 Å². The minimum absolute atomic E-state index is 0.0348. The number of amides is 1. The molecule has 1 amide bonds. The fourth-order valence-corrected chi connectivity index (χ4v) is 2.27. The smallest absolute Gasteiger partial charge is 0.237 e. The first-order chi connectivity index (χ1) is 8.52. The van der Waals surface area contributed by atoms with Gasteiger partial charge in [0.2, 0.25) is 5.91 Å². The molecule has 2 unspecified atom stereocenters. The summed E-state index contributed by atoms with van der Waals surface area (Å²) in [5.74, 6) is 0.944. The second-order valence-corrected chi connectivity index (χ2v) is 6.07. The molecule has 0 aliphatic heterocycles. The van der Waals surface area contributed by atoms with Crippen molar-refractivity contribution in [1.29, 1.82) is 0 Å². The van der Waals surface area contributed by atoms with Crippen LogP contribution in [0.1, 0.15) is 13.8 Å². The Labute approximate surface area is 117 Å². The minimum atomic E-state index is -0.144. The van der Waals surface area contributed by atoms with Crippen molar-refractivity contribution in [2.24, 2.45) is 5.92 Å². The number of halogens is 1. The predicted octanol–water partition coefficient (Wildman–Crippen LogP) is 3.03. The summed E-state index contributed by atoms with van der Waals surface area (Å²) in [5, 5.41) is 12.3. The van der Waals surface area contributed by atoms with Gasteiger partial charge in [0.15, 0.2) is 0 Å².